The third-order valence-corrected chi connectivity index (χ3v) is 2.76. The van der Waals surface area contributed by atoms with Crippen LogP contribution in [0.4, 0.5) is 0 Å². The first kappa shape index (κ1) is 23.2. The average molecular weight is 338 g/mol. The smallest absolute Gasteiger partial charge is 0.222 e. The summed E-state index contributed by atoms with van der Waals surface area (Å²) >= 11 is 0. The molecule has 2 aromatic carbocycles. The summed E-state index contributed by atoms with van der Waals surface area (Å²) in [7, 11) is 0. The van der Waals surface area contributed by atoms with E-state index in [2.05, 4.69) is 49.4 Å². The molecule has 0 saturated carbocycles. The zero-order valence-electron chi connectivity index (χ0n) is 13.2. The summed E-state index contributed by atoms with van der Waals surface area (Å²) in [6.07, 6.45) is 3.00. The van der Waals surface area contributed by atoms with E-state index in [9.17, 15) is 0 Å². The molecule has 8 nitrogen and oxygen atoms in total. The minimum absolute atomic E-state index is 0.750. The van der Waals surface area contributed by atoms with E-state index in [1.807, 2.05) is 0 Å². The topological polar surface area (TPSA) is 164 Å². The second-order valence-electron chi connectivity index (χ2n) is 3.95. The van der Waals surface area contributed by atoms with Crippen molar-refractivity contribution in [2.24, 2.45) is 0 Å². The number of hydrogen-bond donors (Lipinski definition) is 4. The van der Waals surface area contributed by atoms with E-state index < -0.39 is 0 Å². The average Bonchev–Trinajstić information content (AvgIpc) is 2.55. The van der Waals surface area contributed by atoms with Crippen LogP contribution in [0.3, 0.4) is 0 Å². The second-order valence-corrected chi connectivity index (χ2v) is 3.95. The Morgan fingerprint density at radius 1 is 0.600 bits per heavy atom. The van der Waals surface area contributed by atoms with E-state index in [4.69, 9.17) is 40.8 Å². The lowest BCUT2D eigenvalue weighted by Gasteiger charge is -2.25. The number of benzene rings is 2. The Balaban J connectivity index is 0. The number of nitrogens with one attached hydrogen (secondary N) is 4. The van der Waals surface area contributed by atoms with Crippen LogP contribution in [-0.2, 0) is 19.2 Å². The maximum Gasteiger partial charge on any atom is 0.231 e. The fourth-order valence-corrected chi connectivity index (χ4v) is 2.12. The predicted molar refractivity (Wildman–Crippen MR) is 89.3 cm³/mol. The molecule has 4 N–H and O–H groups in total. The molecule has 0 fully saturated rings. The van der Waals surface area contributed by atoms with Gasteiger partial charge in [0.05, 0.1) is 0 Å². The maximum absolute atomic E-state index is 8.35. The molecule has 1 aliphatic carbocycles. The number of carbonyl (C=O) groups excluding carboxylic acids is 4. The standard InChI is InChI=1S/C13H10.4CHNO/c1-9-5-4-8-12-10-6-2-3-7-11(10)13(9)12;4*2-1-3/h2-8H,1H3;4*2H. The zero-order chi connectivity index (χ0) is 19.7. The number of fused-ring (bicyclic) bond motifs is 4. The molecule has 0 spiro atoms. The summed E-state index contributed by atoms with van der Waals surface area (Å²) in [6.45, 7) is 2.18. The predicted octanol–water partition coefficient (Wildman–Crippen LogP) is 3.25. The van der Waals surface area contributed by atoms with Gasteiger partial charge in [-0.15, -0.1) is 0 Å². The van der Waals surface area contributed by atoms with Gasteiger partial charge in [-0.05, 0) is 34.7 Å². The highest BCUT2D eigenvalue weighted by Gasteiger charge is 2.22. The molecule has 25 heavy (non-hydrogen) atoms. The van der Waals surface area contributed by atoms with E-state index in [0.717, 1.165) is 24.3 Å². The Kier molecular flexibility index (Phi) is 13.8. The van der Waals surface area contributed by atoms with E-state index >= 15 is 0 Å². The van der Waals surface area contributed by atoms with Crippen LogP contribution in [0, 0.1) is 28.6 Å². The Morgan fingerprint density at radius 2 is 0.960 bits per heavy atom. The van der Waals surface area contributed by atoms with Crippen LogP contribution >= 0.6 is 0 Å². The molecule has 0 unspecified atom stereocenters. The van der Waals surface area contributed by atoms with Crippen LogP contribution < -0.4 is 0 Å². The molecule has 0 aromatic heterocycles. The highest BCUT2D eigenvalue weighted by molar-refractivity contribution is 6.03. The van der Waals surface area contributed by atoms with E-state index in [0.29, 0.717) is 0 Å². The van der Waals surface area contributed by atoms with Gasteiger partial charge >= 0.3 is 0 Å². The van der Waals surface area contributed by atoms with E-state index in [1.165, 1.54) is 27.8 Å². The van der Waals surface area contributed by atoms with Crippen molar-refractivity contribution >= 4 is 24.3 Å². The lowest BCUT2D eigenvalue weighted by atomic mass is 9.78. The van der Waals surface area contributed by atoms with Gasteiger partial charge in [0.2, 0.25) is 24.3 Å². The summed E-state index contributed by atoms with van der Waals surface area (Å²) < 4.78 is 0. The lowest BCUT2D eigenvalue weighted by molar-refractivity contribution is 0.562. The van der Waals surface area contributed by atoms with Crippen molar-refractivity contribution in [3.63, 3.8) is 0 Å². The molecule has 8 heteroatoms. The first-order valence-electron chi connectivity index (χ1n) is 6.39. The van der Waals surface area contributed by atoms with E-state index in [-0.39, 0.29) is 0 Å². The molecule has 3 rings (SSSR count). The monoisotopic (exact) mass is 338 g/mol. The Labute approximate surface area is 143 Å². The SMILES string of the molecule is Cc1cccc2c1-c1ccccc1-2.N=C=O.N=C=O.N=C=O.N=C=O. The van der Waals surface area contributed by atoms with Gasteiger partial charge in [-0.2, -0.15) is 0 Å². The first-order chi connectivity index (χ1) is 12.0. The van der Waals surface area contributed by atoms with Crippen molar-refractivity contribution in [2.45, 2.75) is 6.92 Å². The number of hydrogen-bond acceptors (Lipinski definition) is 8. The van der Waals surface area contributed by atoms with Crippen LogP contribution in [0.25, 0.3) is 22.3 Å². The van der Waals surface area contributed by atoms with Gasteiger partial charge in [-0.3, -0.25) is 0 Å². The molecular weight excluding hydrogens is 324 g/mol. The number of isocyanates is 4. The number of aryl methyl sites for hydroxylation is 1. The van der Waals surface area contributed by atoms with Crippen LogP contribution in [-0.4, -0.2) is 24.3 Å². The fraction of sp³-hybridized carbons (Fsp3) is 0.0588. The number of rotatable bonds is 0. The lowest BCUT2D eigenvalue weighted by Crippen LogP contribution is -1.99. The van der Waals surface area contributed by atoms with Gasteiger partial charge in [-0.25, -0.2) is 40.8 Å². The largest absolute Gasteiger partial charge is 0.231 e. The highest BCUT2D eigenvalue weighted by atomic mass is 16.1. The Hall–Kier alpha value is -4.04. The highest BCUT2D eigenvalue weighted by Crippen LogP contribution is 2.48. The van der Waals surface area contributed by atoms with Crippen LogP contribution in [0.1, 0.15) is 5.56 Å². The minimum atomic E-state index is 0.750. The summed E-state index contributed by atoms with van der Waals surface area (Å²) in [4.78, 5) is 33.4. The van der Waals surface area contributed by atoms with Gasteiger partial charge < -0.3 is 0 Å². The fourth-order valence-electron chi connectivity index (χ4n) is 2.12. The van der Waals surface area contributed by atoms with Gasteiger partial charge in [0.25, 0.3) is 0 Å². The van der Waals surface area contributed by atoms with Gasteiger partial charge in [0.1, 0.15) is 0 Å². The molecule has 0 aliphatic heterocycles. The summed E-state index contributed by atoms with van der Waals surface area (Å²) in [5.74, 6) is 0. The first-order valence-corrected chi connectivity index (χ1v) is 6.39. The Bertz CT molecular complexity index is 774. The van der Waals surface area contributed by atoms with Crippen molar-refractivity contribution in [3.8, 4) is 22.3 Å². The van der Waals surface area contributed by atoms with Crippen molar-refractivity contribution in [2.75, 3.05) is 0 Å². The molecule has 2 aromatic rings. The van der Waals surface area contributed by atoms with Crippen molar-refractivity contribution < 1.29 is 19.2 Å². The summed E-state index contributed by atoms with van der Waals surface area (Å²) in [5.41, 5.74) is 7.06. The molecule has 0 heterocycles. The maximum atomic E-state index is 8.35. The molecule has 1 aliphatic rings. The van der Waals surface area contributed by atoms with Gasteiger partial charge in [0, 0.05) is 0 Å². The molecule has 0 saturated heterocycles. The minimum Gasteiger partial charge on any atom is -0.222 e. The van der Waals surface area contributed by atoms with E-state index in [1.54, 1.807) is 0 Å². The molecule has 0 bridgehead atoms. The third-order valence-electron chi connectivity index (χ3n) is 2.76. The van der Waals surface area contributed by atoms with Crippen LogP contribution in [0.15, 0.2) is 42.5 Å². The van der Waals surface area contributed by atoms with Crippen molar-refractivity contribution in [1.29, 1.82) is 21.6 Å². The summed E-state index contributed by atoms with van der Waals surface area (Å²) in [6, 6.07) is 15.1. The zero-order valence-corrected chi connectivity index (χ0v) is 13.2. The quantitative estimate of drug-likeness (QED) is 0.365. The third kappa shape index (κ3) is 7.68. The van der Waals surface area contributed by atoms with Crippen LogP contribution in [0.2, 0.25) is 0 Å². The molecular formula is C17H14N4O4. The van der Waals surface area contributed by atoms with Gasteiger partial charge in [-0.1, -0.05) is 42.5 Å². The second kappa shape index (κ2) is 14.9. The molecule has 126 valence electrons. The van der Waals surface area contributed by atoms with Gasteiger partial charge in [0.15, 0.2) is 0 Å². The van der Waals surface area contributed by atoms with Crippen LogP contribution in [0.5, 0.6) is 0 Å². The van der Waals surface area contributed by atoms with Crippen molar-refractivity contribution in [1.82, 2.24) is 0 Å². The van der Waals surface area contributed by atoms with Crippen molar-refractivity contribution in [3.05, 3.63) is 48.0 Å². The molecule has 0 radical (unpaired) electrons. The molecule has 0 amide bonds. The normalized spacial score (nSPS) is 7.24. The Morgan fingerprint density at radius 3 is 1.40 bits per heavy atom. The summed E-state index contributed by atoms with van der Waals surface area (Å²) in [5, 5.41) is 21.6. The molecule has 0 atom stereocenters.